The van der Waals surface area contributed by atoms with Gasteiger partial charge < -0.3 is 19.6 Å². The standard InChI is InChI=1S/C24H29N3O4/c1-4-15-31-19-10-8-17(9-11-19)22(28)20-21(18-7-5-12-25-16-18)27(24(30)23(20)29)14-6-13-26(2)3/h5,7-12,16,21,28H,4,6,13-15H2,1-3H3/b22-20-. The van der Waals surface area contributed by atoms with E-state index in [1.807, 2.05) is 32.0 Å². The summed E-state index contributed by atoms with van der Waals surface area (Å²) in [5, 5.41) is 11.0. The maximum atomic E-state index is 13.0. The van der Waals surface area contributed by atoms with Gasteiger partial charge in [0, 0.05) is 24.5 Å². The number of carbonyl (C=O) groups is 2. The number of aliphatic hydroxyl groups is 1. The topological polar surface area (TPSA) is 83.0 Å². The van der Waals surface area contributed by atoms with Crippen molar-refractivity contribution in [3.05, 3.63) is 65.5 Å². The van der Waals surface area contributed by atoms with Crippen LogP contribution >= 0.6 is 0 Å². The van der Waals surface area contributed by atoms with Crippen LogP contribution in [0.2, 0.25) is 0 Å². The number of rotatable bonds is 9. The number of Topliss-reactive ketones (excluding diaryl/α,β-unsaturated/α-hetero) is 1. The fraction of sp³-hybridized carbons (Fsp3) is 0.375. The van der Waals surface area contributed by atoms with E-state index in [4.69, 9.17) is 4.74 Å². The Kier molecular flexibility index (Phi) is 7.41. The molecule has 1 N–H and O–H groups in total. The lowest BCUT2D eigenvalue weighted by atomic mass is 9.96. The zero-order chi connectivity index (χ0) is 22.4. The monoisotopic (exact) mass is 423 g/mol. The van der Waals surface area contributed by atoms with Gasteiger partial charge in [0.1, 0.15) is 11.5 Å². The lowest BCUT2D eigenvalue weighted by Crippen LogP contribution is -2.32. The van der Waals surface area contributed by atoms with Crippen molar-refractivity contribution >= 4 is 17.4 Å². The van der Waals surface area contributed by atoms with E-state index in [1.54, 1.807) is 42.7 Å². The van der Waals surface area contributed by atoms with Crippen molar-refractivity contribution < 1.29 is 19.4 Å². The van der Waals surface area contributed by atoms with E-state index >= 15 is 0 Å². The fourth-order valence-electron chi connectivity index (χ4n) is 3.64. The Morgan fingerprint density at radius 1 is 1.19 bits per heavy atom. The Hall–Kier alpha value is -3.19. The number of hydrogen-bond acceptors (Lipinski definition) is 6. The molecule has 1 unspecified atom stereocenters. The number of benzene rings is 1. The molecule has 3 rings (SSSR count). The van der Waals surface area contributed by atoms with E-state index in [2.05, 4.69) is 4.98 Å². The largest absolute Gasteiger partial charge is 0.507 e. The van der Waals surface area contributed by atoms with Gasteiger partial charge in [-0.15, -0.1) is 0 Å². The minimum absolute atomic E-state index is 0.0880. The first-order valence-electron chi connectivity index (χ1n) is 10.5. The van der Waals surface area contributed by atoms with Gasteiger partial charge in [0.05, 0.1) is 18.2 Å². The van der Waals surface area contributed by atoms with Crippen LogP contribution in [0.15, 0.2) is 54.4 Å². The number of likely N-dealkylation sites (tertiary alicyclic amines) is 1. The van der Waals surface area contributed by atoms with E-state index in [-0.39, 0.29) is 11.3 Å². The zero-order valence-electron chi connectivity index (χ0n) is 18.2. The molecule has 0 spiro atoms. The van der Waals surface area contributed by atoms with E-state index in [1.165, 1.54) is 4.90 Å². The van der Waals surface area contributed by atoms with Crippen LogP contribution in [0.25, 0.3) is 5.76 Å². The normalized spacial score (nSPS) is 18.1. The van der Waals surface area contributed by atoms with Crippen molar-refractivity contribution in [1.29, 1.82) is 0 Å². The molecule has 1 fully saturated rings. The van der Waals surface area contributed by atoms with Crippen LogP contribution in [0.1, 0.15) is 36.9 Å². The average Bonchev–Trinajstić information content (AvgIpc) is 3.03. The second-order valence-corrected chi connectivity index (χ2v) is 7.81. The van der Waals surface area contributed by atoms with Crippen molar-refractivity contribution in [3.8, 4) is 5.75 Å². The summed E-state index contributed by atoms with van der Waals surface area (Å²) in [4.78, 5) is 33.5. The Morgan fingerprint density at radius 2 is 1.94 bits per heavy atom. The summed E-state index contributed by atoms with van der Waals surface area (Å²) >= 11 is 0. The molecule has 1 amide bonds. The second kappa shape index (κ2) is 10.2. The minimum atomic E-state index is -0.678. The minimum Gasteiger partial charge on any atom is -0.507 e. The molecule has 1 aromatic carbocycles. The van der Waals surface area contributed by atoms with Gasteiger partial charge >= 0.3 is 0 Å². The van der Waals surface area contributed by atoms with Crippen LogP contribution in [-0.4, -0.2) is 65.4 Å². The summed E-state index contributed by atoms with van der Waals surface area (Å²) in [5.41, 5.74) is 1.24. The summed E-state index contributed by atoms with van der Waals surface area (Å²) in [6.07, 6.45) is 4.87. The number of amides is 1. The number of ether oxygens (including phenoxy) is 1. The molecule has 1 saturated heterocycles. The van der Waals surface area contributed by atoms with Gasteiger partial charge in [0.25, 0.3) is 11.7 Å². The van der Waals surface area contributed by atoms with Gasteiger partial charge in [-0.1, -0.05) is 13.0 Å². The Morgan fingerprint density at radius 3 is 2.55 bits per heavy atom. The summed E-state index contributed by atoms with van der Waals surface area (Å²) in [5.74, 6) is -0.782. The molecule has 2 heterocycles. The highest BCUT2D eigenvalue weighted by atomic mass is 16.5. The molecule has 2 aromatic rings. The molecule has 1 aliphatic heterocycles. The summed E-state index contributed by atoms with van der Waals surface area (Å²) in [6.45, 7) is 3.81. The molecule has 0 aliphatic carbocycles. The molecule has 1 atom stereocenters. The van der Waals surface area contributed by atoms with Crippen molar-refractivity contribution in [2.24, 2.45) is 0 Å². The predicted octanol–water partition coefficient (Wildman–Crippen LogP) is 3.24. The zero-order valence-corrected chi connectivity index (χ0v) is 18.2. The molecular formula is C24H29N3O4. The number of aliphatic hydroxyl groups excluding tert-OH is 1. The second-order valence-electron chi connectivity index (χ2n) is 7.81. The van der Waals surface area contributed by atoms with Crippen LogP contribution in [0.3, 0.4) is 0 Å². The maximum absolute atomic E-state index is 13.0. The number of hydrogen-bond donors (Lipinski definition) is 1. The molecule has 1 aliphatic rings. The van der Waals surface area contributed by atoms with Gasteiger partial charge in [-0.3, -0.25) is 14.6 Å². The third-order valence-electron chi connectivity index (χ3n) is 5.15. The molecule has 1 aromatic heterocycles. The van der Waals surface area contributed by atoms with E-state index in [0.29, 0.717) is 36.4 Å². The van der Waals surface area contributed by atoms with Crippen molar-refractivity contribution in [2.45, 2.75) is 25.8 Å². The maximum Gasteiger partial charge on any atom is 0.295 e. The summed E-state index contributed by atoms with van der Waals surface area (Å²) in [7, 11) is 3.92. The first-order chi connectivity index (χ1) is 14.9. The van der Waals surface area contributed by atoms with Crippen LogP contribution in [0.4, 0.5) is 0 Å². The fourth-order valence-corrected chi connectivity index (χ4v) is 3.64. The van der Waals surface area contributed by atoms with E-state index in [9.17, 15) is 14.7 Å². The molecule has 0 radical (unpaired) electrons. The van der Waals surface area contributed by atoms with E-state index < -0.39 is 17.7 Å². The third kappa shape index (κ3) is 5.11. The highest BCUT2D eigenvalue weighted by molar-refractivity contribution is 6.46. The van der Waals surface area contributed by atoms with Gasteiger partial charge in [-0.25, -0.2) is 0 Å². The third-order valence-corrected chi connectivity index (χ3v) is 5.15. The number of pyridine rings is 1. The lowest BCUT2D eigenvalue weighted by Gasteiger charge is -2.25. The molecule has 0 bridgehead atoms. The first kappa shape index (κ1) is 22.5. The number of aromatic nitrogens is 1. The Balaban J connectivity index is 1.99. The predicted molar refractivity (Wildman–Crippen MR) is 119 cm³/mol. The SMILES string of the molecule is CCCOc1ccc(/C(O)=C2/C(=O)C(=O)N(CCCN(C)C)C2c2cccnc2)cc1. The highest BCUT2D eigenvalue weighted by Crippen LogP contribution is 2.39. The first-order valence-corrected chi connectivity index (χ1v) is 10.5. The smallest absolute Gasteiger partial charge is 0.295 e. The lowest BCUT2D eigenvalue weighted by molar-refractivity contribution is -0.139. The molecule has 0 saturated carbocycles. The number of nitrogens with zero attached hydrogens (tertiary/aromatic N) is 3. The summed E-state index contributed by atoms with van der Waals surface area (Å²) < 4.78 is 5.59. The molecule has 164 valence electrons. The van der Waals surface area contributed by atoms with Gasteiger partial charge in [0.2, 0.25) is 0 Å². The van der Waals surface area contributed by atoms with E-state index in [0.717, 1.165) is 13.0 Å². The quantitative estimate of drug-likeness (QED) is 0.379. The van der Waals surface area contributed by atoms with Gasteiger partial charge in [-0.05, 0) is 69.4 Å². The van der Waals surface area contributed by atoms with Crippen molar-refractivity contribution in [3.63, 3.8) is 0 Å². The van der Waals surface area contributed by atoms with Crippen LogP contribution in [0.5, 0.6) is 5.75 Å². The van der Waals surface area contributed by atoms with Crippen molar-refractivity contribution in [2.75, 3.05) is 33.8 Å². The Bertz CT molecular complexity index is 939. The van der Waals surface area contributed by atoms with Crippen LogP contribution < -0.4 is 4.74 Å². The average molecular weight is 424 g/mol. The van der Waals surface area contributed by atoms with Gasteiger partial charge in [0.15, 0.2) is 0 Å². The number of carbonyl (C=O) groups excluding carboxylic acids is 2. The molecule has 31 heavy (non-hydrogen) atoms. The highest BCUT2D eigenvalue weighted by Gasteiger charge is 2.45. The van der Waals surface area contributed by atoms with Crippen molar-refractivity contribution in [1.82, 2.24) is 14.8 Å². The molecular weight excluding hydrogens is 394 g/mol. The van der Waals surface area contributed by atoms with Crippen LogP contribution in [0, 0.1) is 0 Å². The number of ketones is 1. The summed E-state index contributed by atoms with van der Waals surface area (Å²) in [6, 6.07) is 9.78. The van der Waals surface area contributed by atoms with Crippen LogP contribution in [-0.2, 0) is 9.59 Å². The Labute approximate surface area is 183 Å². The molecule has 7 nitrogen and oxygen atoms in total. The molecule has 7 heteroatoms. The van der Waals surface area contributed by atoms with Gasteiger partial charge in [-0.2, -0.15) is 0 Å².